The number of carbonyl (C=O) groups excluding carboxylic acids is 2. The Bertz CT molecular complexity index is 815. The molecule has 1 aliphatic rings. The molecule has 0 bridgehead atoms. The molecule has 0 aliphatic carbocycles. The van der Waals surface area contributed by atoms with E-state index < -0.39 is 11.9 Å². The Balaban J connectivity index is 2.06. The Morgan fingerprint density at radius 2 is 1.82 bits per heavy atom. The van der Waals surface area contributed by atoms with Crippen molar-refractivity contribution in [1.82, 2.24) is 15.2 Å². The molecule has 0 atom stereocenters. The van der Waals surface area contributed by atoms with Gasteiger partial charge >= 0.3 is 6.03 Å². The van der Waals surface area contributed by atoms with E-state index in [1.807, 2.05) is 32.0 Å². The van der Waals surface area contributed by atoms with Gasteiger partial charge in [0.15, 0.2) is 0 Å². The van der Waals surface area contributed by atoms with E-state index in [1.165, 1.54) is 5.56 Å². The molecule has 3 rings (SSSR count). The van der Waals surface area contributed by atoms with E-state index in [1.54, 1.807) is 6.08 Å². The molecule has 0 radical (unpaired) electrons. The number of nitrogens with one attached hydrogen (secondary N) is 2. The van der Waals surface area contributed by atoms with Crippen LogP contribution in [0.15, 0.2) is 36.0 Å². The van der Waals surface area contributed by atoms with Crippen molar-refractivity contribution in [1.29, 1.82) is 0 Å². The van der Waals surface area contributed by atoms with Crippen LogP contribution in [0.25, 0.3) is 11.8 Å². The fourth-order valence-corrected chi connectivity index (χ4v) is 2.74. The normalized spacial score (nSPS) is 16.0. The van der Waals surface area contributed by atoms with Crippen molar-refractivity contribution >= 4 is 18.0 Å². The maximum atomic E-state index is 11.6. The van der Waals surface area contributed by atoms with Crippen LogP contribution in [0.3, 0.4) is 0 Å². The smallest absolute Gasteiger partial charge is 0.318 e. The molecular weight excluding hydrogens is 278 g/mol. The fraction of sp³-hybridized carbons (Fsp3) is 0.176. The summed E-state index contributed by atoms with van der Waals surface area (Å²) in [5.41, 5.74) is 5.54. The van der Waals surface area contributed by atoms with E-state index in [9.17, 15) is 9.59 Å². The lowest BCUT2D eigenvalue weighted by molar-refractivity contribution is -0.115. The average molecular weight is 295 g/mol. The summed E-state index contributed by atoms with van der Waals surface area (Å²) in [6.07, 6.45) is 1.70. The van der Waals surface area contributed by atoms with Crippen molar-refractivity contribution in [3.05, 3.63) is 58.5 Å². The first-order chi connectivity index (χ1) is 10.5. The van der Waals surface area contributed by atoms with Crippen LogP contribution in [-0.4, -0.2) is 16.5 Å². The number of hydrogen-bond acceptors (Lipinski definition) is 2. The predicted molar refractivity (Wildman–Crippen MR) is 84.6 cm³/mol. The molecule has 1 saturated heterocycles. The number of aryl methyl sites for hydroxylation is 2. The summed E-state index contributed by atoms with van der Waals surface area (Å²) in [7, 11) is 0. The second kappa shape index (κ2) is 5.18. The van der Waals surface area contributed by atoms with Gasteiger partial charge in [-0.25, -0.2) is 4.79 Å². The van der Waals surface area contributed by atoms with Gasteiger partial charge in [0.25, 0.3) is 5.91 Å². The van der Waals surface area contributed by atoms with Crippen LogP contribution in [0.4, 0.5) is 4.79 Å². The highest BCUT2D eigenvalue weighted by Crippen LogP contribution is 2.23. The van der Waals surface area contributed by atoms with Gasteiger partial charge in [-0.1, -0.05) is 12.1 Å². The van der Waals surface area contributed by atoms with Crippen LogP contribution in [0.1, 0.15) is 22.5 Å². The van der Waals surface area contributed by atoms with E-state index in [2.05, 4.69) is 34.3 Å². The second-order valence-electron chi connectivity index (χ2n) is 5.47. The Morgan fingerprint density at radius 3 is 2.45 bits per heavy atom. The molecule has 0 saturated carbocycles. The maximum absolute atomic E-state index is 11.6. The predicted octanol–water partition coefficient (Wildman–Crippen LogP) is 2.58. The van der Waals surface area contributed by atoms with Gasteiger partial charge in [0.1, 0.15) is 5.70 Å². The lowest BCUT2D eigenvalue weighted by atomic mass is 10.2. The van der Waals surface area contributed by atoms with Gasteiger partial charge < -0.3 is 9.88 Å². The zero-order chi connectivity index (χ0) is 15.9. The minimum atomic E-state index is -0.483. The van der Waals surface area contributed by atoms with Crippen LogP contribution in [0.5, 0.6) is 0 Å². The first kappa shape index (κ1) is 14.1. The van der Waals surface area contributed by atoms with Crippen LogP contribution in [0, 0.1) is 20.8 Å². The lowest BCUT2D eigenvalue weighted by Gasteiger charge is -2.10. The first-order valence-electron chi connectivity index (χ1n) is 7.06. The molecule has 0 unspecified atom stereocenters. The Labute approximate surface area is 128 Å². The molecule has 22 heavy (non-hydrogen) atoms. The monoisotopic (exact) mass is 295 g/mol. The highest BCUT2D eigenvalue weighted by atomic mass is 16.2. The average Bonchev–Trinajstić information content (AvgIpc) is 2.90. The number of nitrogens with zero attached hydrogens (tertiary/aromatic N) is 1. The van der Waals surface area contributed by atoms with Gasteiger partial charge in [-0.15, -0.1) is 0 Å². The molecule has 112 valence electrons. The number of aromatic nitrogens is 1. The molecular formula is C17H17N3O2. The molecule has 1 aromatic heterocycles. The summed E-state index contributed by atoms with van der Waals surface area (Å²) in [4.78, 5) is 22.8. The molecule has 5 heteroatoms. The third-order valence-corrected chi connectivity index (χ3v) is 3.75. The standard InChI is InChI=1S/C17H17N3O2/c1-10-5-4-6-14(7-10)20-11(2)8-13(12(20)3)9-15-16(21)19-17(22)18-15/h4-9H,1-3H3,(H2,18,19,21,22)/b15-9+. The van der Waals surface area contributed by atoms with Gasteiger partial charge in [-0.3, -0.25) is 10.1 Å². The zero-order valence-corrected chi connectivity index (χ0v) is 12.7. The third kappa shape index (κ3) is 2.41. The first-order valence-corrected chi connectivity index (χ1v) is 7.06. The van der Waals surface area contributed by atoms with Gasteiger partial charge in [0.05, 0.1) is 0 Å². The summed E-state index contributed by atoms with van der Waals surface area (Å²) in [6, 6.07) is 9.76. The van der Waals surface area contributed by atoms with Gasteiger partial charge in [0.2, 0.25) is 0 Å². The van der Waals surface area contributed by atoms with E-state index >= 15 is 0 Å². The number of rotatable bonds is 2. The number of amides is 3. The van der Waals surface area contributed by atoms with E-state index in [0.717, 1.165) is 22.6 Å². The van der Waals surface area contributed by atoms with Crippen molar-refractivity contribution in [2.45, 2.75) is 20.8 Å². The molecule has 1 aromatic carbocycles. The van der Waals surface area contributed by atoms with Gasteiger partial charge in [-0.2, -0.15) is 0 Å². The summed E-state index contributed by atoms with van der Waals surface area (Å²) in [5.74, 6) is -0.398. The van der Waals surface area contributed by atoms with Gasteiger partial charge in [-0.05, 0) is 56.2 Å². The molecule has 2 heterocycles. The van der Waals surface area contributed by atoms with Crippen molar-refractivity contribution in [3.63, 3.8) is 0 Å². The lowest BCUT2D eigenvalue weighted by Crippen LogP contribution is -2.22. The highest BCUT2D eigenvalue weighted by Gasteiger charge is 2.23. The summed E-state index contributed by atoms with van der Waals surface area (Å²) in [6.45, 7) is 6.07. The minimum absolute atomic E-state index is 0.273. The van der Waals surface area contributed by atoms with Crippen molar-refractivity contribution in [3.8, 4) is 5.69 Å². The summed E-state index contributed by atoms with van der Waals surface area (Å²) < 4.78 is 2.13. The molecule has 3 amide bonds. The SMILES string of the molecule is Cc1cccc(-n2c(C)cc(/C=C3/NC(=O)NC3=O)c2C)c1. The van der Waals surface area contributed by atoms with E-state index in [4.69, 9.17) is 0 Å². The zero-order valence-electron chi connectivity index (χ0n) is 12.7. The largest absolute Gasteiger partial charge is 0.326 e. The number of urea groups is 1. The number of hydrogen-bond donors (Lipinski definition) is 2. The summed E-state index contributed by atoms with van der Waals surface area (Å²) in [5, 5.41) is 4.71. The van der Waals surface area contributed by atoms with Crippen LogP contribution in [0.2, 0.25) is 0 Å². The second-order valence-corrected chi connectivity index (χ2v) is 5.47. The number of benzene rings is 1. The van der Waals surface area contributed by atoms with Crippen molar-refractivity contribution < 1.29 is 9.59 Å². The van der Waals surface area contributed by atoms with Gasteiger partial charge in [0, 0.05) is 17.1 Å². The molecule has 1 aliphatic heterocycles. The van der Waals surface area contributed by atoms with Crippen molar-refractivity contribution in [2.75, 3.05) is 0 Å². The molecule has 1 fully saturated rings. The number of imide groups is 1. The minimum Gasteiger partial charge on any atom is -0.318 e. The third-order valence-electron chi connectivity index (χ3n) is 3.75. The Kier molecular flexibility index (Phi) is 3.33. The van der Waals surface area contributed by atoms with E-state index in [-0.39, 0.29) is 5.70 Å². The molecule has 0 spiro atoms. The van der Waals surface area contributed by atoms with Crippen molar-refractivity contribution in [2.24, 2.45) is 0 Å². The Hall–Kier alpha value is -2.82. The quantitative estimate of drug-likeness (QED) is 0.660. The molecule has 2 aromatic rings. The number of carbonyl (C=O) groups is 2. The van der Waals surface area contributed by atoms with Crippen LogP contribution < -0.4 is 10.6 Å². The topological polar surface area (TPSA) is 63.1 Å². The van der Waals surface area contributed by atoms with Crippen LogP contribution >= 0.6 is 0 Å². The highest BCUT2D eigenvalue weighted by molar-refractivity contribution is 6.14. The summed E-state index contributed by atoms with van der Waals surface area (Å²) >= 11 is 0. The molecule has 2 N–H and O–H groups in total. The fourth-order valence-electron chi connectivity index (χ4n) is 2.74. The molecule has 5 nitrogen and oxygen atoms in total. The van der Waals surface area contributed by atoms with Crippen LogP contribution in [-0.2, 0) is 4.79 Å². The van der Waals surface area contributed by atoms with E-state index in [0.29, 0.717) is 0 Å². The Morgan fingerprint density at radius 1 is 1.05 bits per heavy atom. The maximum Gasteiger partial charge on any atom is 0.326 e.